The Morgan fingerprint density at radius 3 is 2.33 bits per heavy atom. The van der Waals surface area contributed by atoms with Crippen LogP contribution in [0.15, 0.2) is 18.2 Å². The monoisotopic (exact) mass is 338 g/mol. The van der Waals surface area contributed by atoms with Gasteiger partial charge in [-0.1, -0.05) is 20.3 Å². The molecule has 0 radical (unpaired) electrons. The lowest BCUT2D eigenvalue weighted by Crippen LogP contribution is -2.31. The third-order valence-electron chi connectivity index (χ3n) is 4.01. The van der Waals surface area contributed by atoms with Gasteiger partial charge in [0.1, 0.15) is 18.1 Å². The molecule has 2 unspecified atom stereocenters. The van der Waals surface area contributed by atoms with Gasteiger partial charge in [0.15, 0.2) is 0 Å². The Balaban J connectivity index is 2.83. The molecule has 0 bridgehead atoms. The minimum absolute atomic E-state index is 0.0300. The van der Waals surface area contributed by atoms with Crippen LogP contribution in [-0.2, 0) is 20.9 Å². The highest BCUT2D eigenvalue weighted by molar-refractivity contribution is 5.81. The number of methoxy groups -OCH3 is 2. The molecule has 0 saturated heterocycles. The van der Waals surface area contributed by atoms with E-state index in [0.29, 0.717) is 29.9 Å². The fourth-order valence-corrected chi connectivity index (χ4v) is 2.65. The lowest BCUT2D eigenvalue weighted by atomic mass is 9.86. The van der Waals surface area contributed by atoms with Crippen molar-refractivity contribution in [2.75, 3.05) is 14.2 Å². The smallest absolute Gasteiger partial charge is 0.310 e. The molecule has 0 aliphatic carbocycles. The van der Waals surface area contributed by atoms with Crippen molar-refractivity contribution < 1.29 is 28.9 Å². The molecule has 6 heteroatoms. The summed E-state index contributed by atoms with van der Waals surface area (Å²) < 4.78 is 15.8. The van der Waals surface area contributed by atoms with Crippen molar-refractivity contribution in [2.45, 2.75) is 39.7 Å². The second-order valence-electron chi connectivity index (χ2n) is 5.53. The molecule has 0 spiro atoms. The first-order chi connectivity index (χ1) is 11.5. The Labute approximate surface area is 142 Å². The Morgan fingerprint density at radius 1 is 1.12 bits per heavy atom. The molecule has 1 aromatic carbocycles. The zero-order valence-electron chi connectivity index (χ0n) is 14.7. The molecule has 0 aliphatic rings. The molecule has 0 aromatic heterocycles. The average Bonchev–Trinajstić information content (AvgIpc) is 2.59. The van der Waals surface area contributed by atoms with Crippen LogP contribution >= 0.6 is 0 Å². The average molecular weight is 338 g/mol. The maximum absolute atomic E-state index is 12.4. The van der Waals surface area contributed by atoms with Crippen LogP contribution in [0.2, 0.25) is 0 Å². The number of rotatable bonds is 10. The highest BCUT2D eigenvalue weighted by atomic mass is 16.5. The van der Waals surface area contributed by atoms with Crippen LogP contribution in [0.5, 0.6) is 11.5 Å². The summed E-state index contributed by atoms with van der Waals surface area (Å²) in [6.07, 6.45) is 1.60. The van der Waals surface area contributed by atoms with Crippen molar-refractivity contribution in [3.05, 3.63) is 23.8 Å². The lowest BCUT2D eigenvalue weighted by molar-refractivity contribution is -0.159. The van der Waals surface area contributed by atoms with Crippen molar-refractivity contribution in [2.24, 2.45) is 11.8 Å². The second-order valence-corrected chi connectivity index (χ2v) is 5.53. The van der Waals surface area contributed by atoms with Crippen molar-refractivity contribution in [1.82, 2.24) is 0 Å². The Hall–Kier alpha value is -2.24. The summed E-state index contributed by atoms with van der Waals surface area (Å²) in [5.41, 5.74) is 0.699. The summed E-state index contributed by atoms with van der Waals surface area (Å²) in [7, 11) is 3.08. The van der Waals surface area contributed by atoms with E-state index >= 15 is 0 Å². The predicted molar refractivity (Wildman–Crippen MR) is 89.2 cm³/mol. The molecular formula is C18H26O6. The minimum Gasteiger partial charge on any atom is -0.497 e. The lowest BCUT2D eigenvalue weighted by Gasteiger charge is -2.21. The number of hydrogen-bond donors (Lipinski definition) is 1. The van der Waals surface area contributed by atoms with Crippen LogP contribution in [0, 0.1) is 11.8 Å². The topological polar surface area (TPSA) is 82.1 Å². The van der Waals surface area contributed by atoms with Crippen molar-refractivity contribution in [3.8, 4) is 11.5 Å². The SMILES string of the molecule is CCCC(C(=O)OCc1ccc(OC)cc1OC)C(CC)C(=O)O. The number of carbonyl (C=O) groups is 2. The van der Waals surface area contributed by atoms with Gasteiger partial charge in [-0.15, -0.1) is 0 Å². The van der Waals surface area contributed by atoms with Crippen molar-refractivity contribution in [3.63, 3.8) is 0 Å². The molecule has 0 heterocycles. The van der Waals surface area contributed by atoms with Crippen LogP contribution in [-0.4, -0.2) is 31.3 Å². The van der Waals surface area contributed by atoms with Gasteiger partial charge in [0.2, 0.25) is 0 Å². The van der Waals surface area contributed by atoms with Gasteiger partial charge in [0.25, 0.3) is 0 Å². The molecular weight excluding hydrogens is 312 g/mol. The van der Waals surface area contributed by atoms with Crippen LogP contribution in [0.3, 0.4) is 0 Å². The molecule has 0 fully saturated rings. The summed E-state index contributed by atoms with van der Waals surface area (Å²) in [5.74, 6) is -1.61. The zero-order chi connectivity index (χ0) is 18.1. The van der Waals surface area contributed by atoms with Gasteiger partial charge in [-0.05, 0) is 25.0 Å². The van der Waals surface area contributed by atoms with E-state index < -0.39 is 23.8 Å². The van der Waals surface area contributed by atoms with E-state index in [1.165, 1.54) is 7.11 Å². The molecule has 134 valence electrons. The molecule has 2 atom stereocenters. The van der Waals surface area contributed by atoms with E-state index in [0.717, 1.165) is 6.42 Å². The van der Waals surface area contributed by atoms with Crippen LogP contribution in [0.1, 0.15) is 38.7 Å². The van der Waals surface area contributed by atoms with E-state index in [4.69, 9.17) is 14.2 Å². The predicted octanol–water partition coefficient (Wildman–Crippen LogP) is 3.27. The Bertz CT molecular complexity index is 554. The second kappa shape index (κ2) is 9.80. The number of benzene rings is 1. The number of aliphatic carboxylic acids is 1. The third kappa shape index (κ3) is 5.15. The summed E-state index contributed by atoms with van der Waals surface area (Å²) in [6, 6.07) is 5.22. The summed E-state index contributed by atoms with van der Waals surface area (Å²) in [5, 5.41) is 9.30. The largest absolute Gasteiger partial charge is 0.497 e. The van der Waals surface area contributed by atoms with Crippen LogP contribution < -0.4 is 9.47 Å². The number of carboxylic acids is 1. The molecule has 1 rings (SSSR count). The fraction of sp³-hybridized carbons (Fsp3) is 0.556. The summed E-state index contributed by atoms with van der Waals surface area (Å²) in [4.78, 5) is 23.7. The maximum atomic E-state index is 12.4. The van der Waals surface area contributed by atoms with Gasteiger partial charge >= 0.3 is 11.9 Å². The molecule has 6 nitrogen and oxygen atoms in total. The van der Waals surface area contributed by atoms with E-state index in [1.54, 1.807) is 32.2 Å². The van der Waals surface area contributed by atoms with E-state index in [-0.39, 0.29) is 6.61 Å². The van der Waals surface area contributed by atoms with E-state index in [2.05, 4.69) is 0 Å². The minimum atomic E-state index is -0.963. The highest BCUT2D eigenvalue weighted by Crippen LogP contribution is 2.27. The fourth-order valence-electron chi connectivity index (χ4n) is 2.65. The number of hydrogen-bond acceptors (Lipinski definition) is 5. The highest BCUT2D eigenvalue weighted by Gasteiger charge is 2.33. The number of esters is 1. The summed E-state index contributed by atoms with van der Waals surface area (Å²) >= 11 is 0. The number of carboxylic acid groups (broad SMARTS) is 1. The molecule has 1 N–H and O–H groups in total. The first-order valence-electron chi connectivity index (χ1n) is 8.08. The van der Waals surface area contributed by atoms with E-state index in [1.807, 2.05) is 6.92 Å². The molecule has 0 amide bonds. The standard InChI is InChI=1S/C18H26O6/c1-5-7-15(14(6-2)17(19)20)18(21)24-11-12-8-9-13(22-3)10-16(12)23-4/h8-10,14-15H,5-7,11H2,1-4H3,(H,19,20). The molecule has 0 saturated carbocycles. The maximum Gasteiger partial charge on any atom is 0.310 e. The van der Waals surface area contributed by atoms with Gasteiger partial charge in [-0.25, -0.2) is 0 Å². The first kappa shape index (κ1) is 19.8. The Kier molecular flexibility index (Phi) is 8.09. The van der Waals surface area contributed by atoms with Gasteiger partial charge in [0, 0.05) is 11.6 Å². The first-order valence-corrected chi connectivity index (χ1v) is 8.08. The van der Waals surface area contributed by atoms with Crippen LogP contribution in [0.25, 0.3) is 0 Å². The van der Waals surface area contributed by atoms with Gasteiger partial charge in [0.05, 0.1) is 26.1 Å². The van der Waals surface area contributed by atoms with Gasteiger partial charge in [-0.2, -0.15) is 0 Å². The van der Waals surface area contributed by atoms with Crippen molar-refractivity contribution >= 4 is 11.9 Å². The number of carbonyl (C=O) groups excluding carboxylic acids is 1. The summed E-state index contributed by atoms with van der Waals surface area (Å²) in [6.45, 7) is 3.71. The number of ether oxygens (including phenoxy) is 3. The van der Waals surface area contributed by atoms with Gasteiger partial charge in [-0.3, -0.25) is 9.59 Å². The third-order valence-corrected chi connectivity index (χ3v) is 4.01. The molecule has 0 aliphatic heterocycles. The molecule has 24 heavy (non-hydrogen) atoms. The van der Waals surface area contributed by atoms with E-state index in [9.17, 15) is 14.7 Å². The zero-order valence-corrected chi connectivity index (χ0v) is 14.7. The normalized spacial score (nSPS) is 13.0. The van der Waals surface area contributed by atoms with Crippen molar-refractivity contribution in [1.29, 1.82) is 0 Å². The molecule has 1 aromatic rings. The van der Waals surface area contributed by atoms with Crippen LogP contribution in [0.4, 0.5) is 0 Å². The Morgan fingerprint density at radius 2 is 1.83 bits per heavy atom. The van der Waals surface area contributed by atoms with Gasteiger partial charge < -0.3 is 19.3 Å². The quantitative estimate of drug-likeness (QED) is 0.659.